The third-order valence-corrected chi connectivity index (χ3v) is 16.6. The van der Waals surface area contributed by atoms with Crippen molar-refractivity contribution in [2.24, 2.45) is 56.7 Å². The van der Waals surface area contributed by atoms with Gasteiger partial charge in [0.2, 0.25) is 0 Å². The van der Waals surface area contributed by atoms with Crippen LogP contribution in [0.25, 0.3) is 0 Å². The van der Waals surface area contributed by atoms with Crippen molar-refractivity contribution in [3.8, 4) is 0 Å². The highest BCUT2D eigenvalue weighted by Gasteiger charge is 2.67. The van der Waals surface area contributed by atoms with Crippen LogP contribution in [0.5, 0.6) is 0 Å². The summed E-state index contributed by atoms with van der Waals surface area (Å²) in [6.07, 6.45) is 7.32. The molecule has 0 bridgehead atoms. The first kappa shape index (κ1) is 43.3. The predicted molar refractivity (Wildman–Crippen MR) is 222 cm³/mol. The normalized spacial score (nSPS) is 34.6. The second-order valence-corrected chi connectivity index (χ2v) is 21.5. The Morgan fingerprint density at radius 3 is 2.20 bits per heavy atom. The molecule has 2 N–H and O–H groups in total. The van der Waals surface area contributed by atoms with Crippen molar-refractivity contribution in [2.45, 2.75) is 138 Å². The molecule has 1 aromatic rings. The molecule has 0 aromatic heterocycles. The number of benzene rings is 1. The van der Waals surface area contributed by atoms with Gasteiger partial charge >= 0.3 is 11.9 Å². The van der Waals surface area contributed by atoms with E-state index in [0.717, 1.165) is 75.6 Å². The fourth-order valence-electron chi connectivity index (χ4n) is 13.2. The van der Waals surface area contributed by atoms with Crippen LogP contribution in [0, 0.1) is 56.7 Å². The number of halogens is 1. The van der Waals surface area contributed by atoms with E-state index in [-0.39, 0.29) is 46.4 Å². The van der Waals surface area contributed by atoms with Crippen LogP contribution in [-0.4, -0.2) is 83.7 Å². The molecule has 5 aliphatic carbocycles. The number of rotatable bonds is 13. The van der Waals surface area contributed by atoms with E-state index >= 15 is 0 Å². The third-order valence-electron chi connectivity index (χ3n) is 16.3. The summed E-state index contributed by atoms with van der Waals surface area (Å²) >= 11 is 6.23. The van der Waals surface area contributed by atoms with E-state index in [0.29, 0.717) is 42.3 Å². The van der Waals surface area contributed by atoms with Gasteiger partial charge in [-0.1, -0.05) is 70.8 Å². The second kappa shape index (κ2) is 15.7. The number of carbonyl (C=O) groups excluding carboxylic acids is 2. The number of hydrogen-bond acceptors (Lipinski definition) is 7. The molecule has 6 rings (SSSR count). The largest absolute Gasteiger partial charge is 0.481 e. The Bertz CT molecular complexity index is 1680. The average molecular weight is 796 g/mol. The Balaban J connectivity index is 1.26. The zero-order valence-electron chi connectivity index (χ0n) is 36.1. The van der Waals surface area contributed by atoms with Gasteiger partial charge in [-0.2, -0.15) is 0 Å². The lowest BCUT2D eigenvalue weighted by atomic mass is 9.37. The van der Waals surface area contributed by atoms with Crippen LogP contribution in [0.1, 0.15) is 125 Å². The number of Topliss-reactive ketones (excluding diaryl/α,β-unsaturated/α-hetero) is 1. The fourth-order valence-corrected chi connectivity index (χ4v) is 13.4. The molecule has 9 atom stereocenters. The van der Waals surface area contributed by atoms with Crippen LogP contribution in [0.3, 0.4) is 0 Å². The van der Waals surface area contributed by atoms with E-state index in [1.54, 1.807) is 13.8 Å². The van der Waals surface area contributed by atoms with Gasteiger partial charge in [0.15, 0.2) is 5.78 Å². The monoisotopic (exact) mass is 795 g/mol. The zero-order valence-corrected chi connectivity index (χ0v) is 36.8. The Morgan fingerprint density at radius 1 is 0.929 bits per heavy atom. The number of allylic oxidation sites excluding steroid dienone is 1. The van der Waals surface area contributed by atoms with Gasteiger partial charge in [-0.05, 0) is 143 Å². The summed E-state index contributed by atoms with van der Waals surface area (Å²) in [5.41, 5.74) is 1.66. The fraction of sp³-hybridized carbons (Fsp3) is 0.766. The highest BCUT2D eigenvalue weighted by Crippen LogP contribution is 2.73. The highest BCUT2D eigenvalue weighted by atomic mass is 35.5. The number of hydrogen-bond donors (Lipinski definition) is 2. The number of aliphatic carboxylic acids is 1. The van der Waals surface area contributed by atoms with E-state index in [2.05, 4.69) is 77.6 Å². The summed E-state index contributed by atoms with van der Waals surface area (Å²) in [5.74, 6) is 0.646. The number of carboxylic acids is 1. The maximum absolute atomic E-state index is 14.2. The van der Waals surface area contributed by atoms with Gasteiger partial charge in [-0.15, -0.1) is 0 Å². The first-order chi connectivity index (χ1) is 26.1. The number of carbonyl (C=O) groups is 3. The highest BCUT2D eigenvalue weighted by molar-refractivity contribution is 6.30. The number of aliphatic hydroxyl groups is 1. The summed E-state index contributed by atoms with van der Waals surface area (Å²) in [5, 5.41) is 23.0. The van der Waals surface area contributed by atoms with Gasteiger partial charge in [0.25, 0.3) is 0 Å². The van der Waals surface area contributed by atoms with Crippen LogP contribution >= 0.6 is 11.6 Å². The quantitative estimate of drug-likeness (QED) is 0.191. The van der Waals surface area contributed by atoms with Crippen LogP contribution in [0.2, 0.25) is 5.02 Å². The molecule has 0 aliphatic heterocycles. The number of likely N-dealkylation sites (N-methyl/N-ethyl adjacent to an activating group) is 1. The molecule has 0 radical (unpaired) electrons. The minimum absolute atomic E-state index is 0.0317. The number of ether oxygens (including phenoxy) is 1. The molecule has 0 amide bonds. The van der Waals surface area contributed by atoms with Gasteiger partial charge in [-0.25, -0.2) is 0 Å². The number of esters is 1. The Hall–Kier alpha value is -2.26. The van der Waals surface area contributed by atoms with Gasteiger partial charge < -0.3 is 19.8 Å². The molecule has 0 saturated heterocycles. The van der Waals surface area contributed by atoms with E-state index < -0.39 is 28.9 Å². The van der Waals surface area contributed by atoms with Gasteiger partial charge in [0.05, 0.1) is 17.9 Å². The smallest absolute Gasteiger partial charge is 0.309 e. The lowest BCUT2D eigenvalue weighted by molar-refractivity contribution is -0.205. The summed E-state index contributed by atoms with van der Waals surface area (Å²) in [6, 6.07) is 8.00. The summed E-state index contributed by atoms with van der Waals surface area (Å²) in [4.78, 5) is 43.7. The molecular formula is C47H71ClN2O6. The molecule has 1 aromatic carbocycles. The van der Waals surface area contributed by atoms with Crippen molar-refractivity contribution >= 4 is 29.3 Å². The summed E-state index contributed by atoms with van der Waals surface area (Å²) < 4.78 is 6.17. The van der Waals surface area contributed by atoms with Crippen LogP contribution in [-0.2, 0) is 25.7 Å². The Kier molecular flexibility index (Phi) is 12.2. The zero-order chi connectivity index (χ0) is 41.2. The SMILES string of the molecule is CC(C)C1=C2[C@H]3CC[C@H]4[C@@H](CC[C@H]5C(C)(C)[C@@H](OC(=O)CC(C)(C)C(=O)O)CC[C@]45C)[C@]3(C)CC[C@@]2([C@H](O)CN(CCN(C)C)Cc2ccc(Cl)cc2)CC1=O. The molecule has 0 spiro atoms. The van der Waals surface area contributed by atoms with Gasteiger partial charge in [0, 0.05) is 48.5 Å². The van der Waals surface area contributed by atoms with Crippen LogP contribution < -0.4 is 0 Å². The molecule has 0 heterocycles. The Morgan fingerprint density at radius 2 is 1.57 bits per heavy atom. The molecule has 4 fully saturated rings. The summed E-state index contributed by atoms with van der Waals surface area (Å²) in [7, 11) is 4.17. The first-order valence-electron chi connectivity index (χ1n) is 21.6. The maximum atomic E-state index is 14.2. The van der Waals surface area contributed by atoms with E-state index in [1.165, 1.54) is 5.57 Å². The van der Waals surface area contributed by atoms with Gasteiger partial charge in [0.1, 0.15) is 6.10 Å². The minimum atomic E-state index is -1.16. The number of fused-ring (bicyclic) bond motifs is 7. The van der Waals surface area contributed by atoms with Crippen molar-refractivity contribution in [3.05, 3.63) is 46.0 Å². The predicted octanol–water partition coefficient (Wildman–Crippen LogP) is 9.07. The number of nitrogens with zero attached hydrogens (tertiary/aromatic N) is 2. The van der Waals surface area contributed by atoms with E-state index in [1.807, 2.05) is 12.1 Å². The van der Waals surface area contributed by atoms with Crippen molar-refractivity contribution in [1.82, 2.24) is 9.80 Å². The van der Waals surface area contributed by atoms with E-state index in [4.69, 9.17) is 16.3 Å². The number of carboxylic acid groups (broad SMARTS) is 1. The van der Waals surface area contributed by atoms with Crippen molar-refractivity contribution in [1.29, 1.82) is 0 Å². The van der Waals surface area contributed by atoms with Crippen molar-refractivity contribution in [2.75, 3.05) is 33.7 Å². The van der Waals surface area contributed by atoms with E-state index in [9.17, 15) is 24.6 Å². The second-order valence-electron chi connectivity index (χ2n) is 21.1. The molecule has 5 aliphatic rings. The maximum Gasteiger partial charge on any atom is 0.309 e. The lowest BCUT2D eigenvalue weighted by Crippen LogP contribution is -2.62. The third kappa shape index (κ3) is 7.68. The van der Waals surface area contributed by atoms with Crippen LogP contribution in [0.15, 0.2) is 35.4 Å². The molecule has 56 heavy (non-hydrogen) atoms. The minimum Gasteiger partial charge on any atom is -0.481 e. The molecule has 312 valence electrons. The van der Waals surface area contributed by atoms with Crippen molar-refractivity contribution in [3.63, 3.8) is 0 Å². The summed E-state index contributed by atoms with van der Waals surface area (Å²) in [6.45, 7) is 20.0. The molecule has 0 unspecified atom stereocenters. The van der Waals surface area contributed by atoms with Crippen molar-refractivity contribution < 1.29 is 29.3 Å². The molecule has 4 saturated carbocycles. The Labute approximate surface area is 342 Å². The number of aliphatic hydroxyl groups excluding tert-OH is 1. The molecular weight excluding hydrogens is 724 g/mol. The van der Waals surface area contributed by atoms with Gasteiger partial charge in [-0.3, -0.25) is 19.3 Å². The average Bonchev–Trinajstić information content (AvgIpc) is 3.42. The molecule has 9 heteroatoms. The van der Waals surface area contributed by atoms with Crippen LogP contribution in [0.4, 0.5) is 0 Å². The topological polar surface area (TPSA) is 107 Å². The lowest BCUT2D eigenvalue weighted by Gasteiger charge is -2.68. The first-order valence-corrected chi connectivity index (χ1v) is 21.9. The number of ketones is 1. The standard InChI is InChI=1S/C47H71ClN2O6/c1-29(2)40-35(51)25-47(37(52)28-50(24-23-49(9)10)27-30-11-13-31(48)14-12-30)22-21-45(7)32-17-18-36-44(5,6)38(56-39(53)26-43(3,4)42(54)55)19-20-46(36,8)33(32)15-16-34(45)41(40)47/h11-14,29,32-34,36-38,52H,15-28H2,1-10H3,(H,54,55)/t32-,33+,34-,36+,37-,38+,45+,46-,47+/m1/s1. The molecule has 8 nitrogen and oxygen atoms in total.